The molecule has 0 aliphatic heterocycles. The minimum absolute atomic E-state index is 0.145. The molecule has 6 heteroatoms. The molecule has 0 aliphatic rings. The Morgan fingerprint density at radius 2 is 1.95 bits per heavy atom. The van der Waals surface area contributed by atoms with Crippen molar-refractivity contribution in [2.24, 2.45) is 0 Å². The molecule has 0 aliphatic carbocycles. The molecule has 110 valence electrons. The molecule has 0 spiro atoms. The highest BCUT2D eigenvalue weighted by Gasteiger charge is 2.20. The van der Waals surface area contributed by atoms with Crippen LogP contribution < -0.4 is 9.47 Å². The van der Waals surface area contributed by atoms with E-state index in [-0.39, 0.29) is 11.4 Å². The molecule has 2 aromatic carbocycles. The number of benzene rings is 2. The molecule has 0 radical (unpaired) electrons. The molecule has 2 rings (SSSR count). The Morgan fingerprint density at radius 3 is 2.57 bits per heavy atom. The fourth-order valence-corrected chi connectivity index (χ4v) is 2.21. The van der Waals surface area contributed by atoms with Crippen molar-refractivity contribution in [3.05, 3.63) is 63.2 Å². The van der Waals surface area contributed by atoms with E-state index in [1.807, 2.05) is 18.2 Å². The van der Waals surface area contributed by atoms with Crippen molar-refractivity contribution in [3.8, 4) is 11.5 Å². The van der Waals surface area contributed by atoms with Gasteiger partial charge < -0.3 is 9.47 Å². The van der Waals surface area contributed by atoms with Crippen LogP contribution in [0.3, 0.4) is 0 Å². The van der Waals surface area contributed by atoms with E-state index >= 15 is 0 Å². The van der Waals surface area contributed by atoms with Crippen LogP contribution in [0.4, 0.5) is 5.69 Å². The van der Waals surface area contributed by atoms with E-state index in [4.69, 9.17) is 21.1 Å². The van der Waals surface area contributed by atoms with Gasteiger partial charge in [0.2, 0.25) is 0 Å². The third kappa shape index (κ3) is 3.44. The molecule has 2 aromatic rings. The average molecular weight is 308 g/mol. The van der Waals surface area contributed by atoms with Gasteiger partial charge in [0, 0.05) is 10.6 Å². The maximum absolute atomic E-state index is 11.1. The minimum atomic E-state index is -0.503. The summed E-state index contributed by atoms with van der Waals surface area (Å²) in [4.78, 5) is 10.6. The number of nitro groups is 1. The van der Waals surface area contributed by atoms with Crippen LogP contribution in [0.5, 0.6) is 11.5 Å². The summed E-state index contributed by atoms with van der Waals surface area (Å²) in [6.07, 6.45) is -0.411. The molecule has 0 amide bonds. The summed E-state index contributed by atoms with van der Waals surface area (Å²) < 4.78 is 10.7. The first-order valence-corrected chi connectivity index (χ1v) is 6.64. The van der Waals surface area contributed by atoms with Gasteiger partial charge >= 0.3 is 5.69 Å². The molecule has 0 saturated carbocycles. The first-order chi connectivity index (χ1) is 10.0. The molecule has 0 N–H and O–H groups in total. The van der Waals surface area contributed by atoms with Crippen molar-refractivity contribution < 1.29 is 14.4 Å². The van der Waals surface area contributed by atoms with Crippen LogP contribution in [0.25, 0.3) is 0 Å². The van der Waals surface area contributed by atoms with Crippen LogP contribution in [0.15, 0.2) is 42.5 Å². The molecule has 1 atom stereocenters. The van der Waals surface area contributed by atoms with E-state index in [0.29, 0.717) is 10.8 Å². The number of rotatable bonds is 5. The summed E-state index contributed by atoms with van der Waals surface area (Å²) in [5.74, 6) is 0.577. The zero-order chi connectivity index (χ0) is 15.4. The van der Waals surface area contributed by atoms with E-state index in [9.17, 15) is 10.1 Å². The number of hydrogen-bond acceptors (Lipinski definition) is 4. The highest BCUT2D eigenvalue weighted by Crippen LogP contribution is 2.35. The summed E-state index contributed by atoms with van der Waals surface area (Å²) in [6.45, 7) is 1.79. The predicted octanol–water partition coefficient (Wildman–Crippen LogP) is 4.40. The smallest absolute Gasteiger partial charge is 0.314 e. The molecular formula is C15H14ClNO4. The van der Waals surface area contributed by atoms with E-state index < -0.39 is 11.0 Å². The lowest BCUT2D eigenvalue weighted by Gasteiger charge is -2.16. The van der Waals surface area contributed by atoms with Gasteiger partial charge in [0.15, 0.2) is 5.75 Å². The minimum Gasteiger partial charge on any atom is -0.496 e. The highest BCUT2D eigenvalue weighted by molar-refractivity contribution is 6.31. The van der Waals surface area contributed by atoms with Gasteiger partial charge in [-0.05, 0) is 25.1 Å². The highest BCUT2D eigenvalue weighted by atomic mass is 35.5. The number of ether oxygens (including phenoxy) is 2. The lowest BCUT2D eigenvalue weighted by Crippen LogP contribution is -2.05. The lowest BCUT2D eigenvalue weighted by atomic mass is 10.1. The van der Waals surface area contributed by atoms with Crippen LogP contribution in [0.2, 0.25) is 5.02 Å². The second kappa shape index (κ2) is 6.45. The first kappa shape index (κ1) is 15.1. The predicted molar refractivity (Wildman–Crippen MR) is 80.1 cm³/mol. The van der Waals surface area contributed by atoms with Gasteiger partial charge in [-0.1, -0.05) is 29.8 Å². The summed E-state index contributed by atoms with van der Waals surface area (Å²) in [6, 6.07) is 11.7. The third-order valence-electron chi connectivity index (χ3n) is 3.01. The largest absolute Gasteiger partial charge is 0.496 e. The first-order valence-electron chi connectivity index (χ1n) is 6.26. The van der Waals surface area contributed by atoms with Gasteiger partial charge in [-0.3, -0.25) is 10.1 Å². The summed E-state index contributed by atoms with van der Waals surface area (Å²) >= 11 is 6.10. The Labute approximate surface area is 127 Å². The Hall–Kier alpha value is -2.27. The Kier molecular flexibility index (Phi) is 4.65. The quantitative estimate of drug-likeness (QED) is 0.607. The van der Waals surface area contributed by atoms with Gasteiger partial charge in [-0.2, -0.15) is 0 Å². The summed E-state index contributed by atoms with van der Waals surface area (Å²) in [5, 5.41) is 11.7. The maximum Gasteiger partial charge on any atom is 0.314 e. The number of hydrogen-bond donors (Lipinski definition) is 0. The zero-order valence-electron chi connectivity index (χ0n) is 11.6. The van der Waals surface area contributed by atoms with Crippen LogP contribution in [-0.2, 0) is 0 Å². The standard InChI is InChI=1S/C15H14ClNO4/c1-10(12-5-3-4-6-13(12)16)21-15-8-7-11(20-2)9-14(15)17(18)19/h3-10H,1-2H3/t10-/m0/s1. The molecular weight excluding hydrogens is 294 g/mol. The van der Waals surface area contributed by atoms with Gasteiger partial charge in [0.1, 0.15) is 11.9 Å². The van der Waals surface area contributed by atoms with E-state index in [1.54, 1.807) is 19.1 Å². The van der Waals surface area contributed by atoms with Crippen molar-refractivity contribution in [3.63, 3.8) is 0 Å². The van der Waals surface area contributed by atoms with Crippen LogP contribution in [-0.4, -0.2) is 12.0 Å². The number of methoxy groups -OCH3 is 1. The molecule has 0 unspecified atom stereocenters. The van der Waals surface area contributed by atoms with Gasteiger partial charge in [-0.15, -0.1) is 0 Å². The summed E-state index contributed by atoms with van der Waals surface area (Å²) in [5.41, 5.74) is 0.623. The normalized spacial score (nSPS) is 11.8. The SMILES string of the molecule is COc1ccc(O[C@@H](C)c2ccccc2Cl)c([N+](=O)[O-])c1. The maximum atomic E-state index is 11.1. The zero-order valence-corrected chi connectivity index (χ0v) is 12.3. The number of nitro benzene ring substituents is 1. The van der Waals surface area contributed by atoms with Crippen LogP contribution >= 0.6 is 11.6 Å². The fourth-order valence-electron chi connectivity index (χ4n) is 1.93. The van der Waals surface area contributed by atoms with Crippen molar-refractivity contribution in [2.75, 3.05) is 7.11 Å². The van der Waals surface area contributed by atoms with Crippen molar-refractivity contribution in [2.45, 2.75) is 13.0 Å². The van der Waals surface area contributed by atoms with E-state index in [2.05, 4.69) is 0 Å². The van der Waals surface area contributed by atoms with E-state index in [1.165, 1.54) is 19.2 Å². The van der Waals surface area contributed by atoms with E-state index in [0.717, 1.165) is 5.56 Å². The molecule has 21 heavy (non-hydrogen) atoms. The van der Waals surface area contributed by atoms with Crippen molar-refractivity contribution in [1.29, 1.82) is 0 Å². The van der Waals surface area contributed by atoms with Crippen molar-refractivity contribution in [1.82, 2.24) is 0 Å². The lowest BCUT2D eigenvalue weighted by molar-refractivity contribution is -0.386. The molecule has 0 fully saturated rings. The third-order valence-corrected chi connectivity index (χ3v) is 3.35. The van der Waals surface area contributed by atoms with Gasteiger partial charge in [0.05, 0.1) is 18.1 Å². The number of nitrogens with zero attached hydrogens (tertiary/aromatic N) is 1. The second-order valence-electron chi connectivity index (χ2n) is 4.37. The monoisotopic (exact) mass is 307 g/mol. The summed E-state index contributed by atoms with van der Waals surface area (Å²) in [7, 11) is 1.45. The molecule has 5 nitrogen and oxygen atoms in total. The fraction of sp³-hybridized carbons (Fsp3) is 0.200. The van der Waals surface area contributed by atoms with Gasteiger partial charge in [-0.25, -0.2) is 0 Å². The molecule has 0 bridgehead atoms. The van der Waals surface area contributed by atoms with Crippen LogP contribution in [0, 0.1) is 10.1 Å². The average Bonchev–Trinajstić information content (AvgIpc) is 2.47. The van der Waals surface area contributed by atoms with Crippen LogP contribution in [0.1, 0.15) is 18.6 Å². The Bertz CT molecular complexity index is 660. The Morgan fingerprint density at radius 1 is 1.24 bits per heavy atom. The van der Waals surface area contributed by atoms with Gasteiger partial charge in [0.25, 0.3) is 0 Å². The second-order valence-corrected chi connectivity index (χ2v) is 4.78. The molecule has 0 heterocycles. The molecule has 0 saturated heterocycles. The molecule has 0 aromatic heterocycles. The Balaban J connectivity index is 2.31. The topological polar surface area (TPSA) is 61.6 Å². The number of halogens is 1. The van der Waals surface area contributed by atoms with Crippen molar-refractivity contribution >= 4 is 17.3 Å².